The molecule has 2 aromatic carbocycles. The lowest BCUT2D eigenvalue weighted by Gasteiger charge is -2.15. The van der Waals surface area contributed by atoms with E-state index < -0.39 is 12.1 Å². The fourth-order valence-corrected chi connectivity index (χ4v) is 2.70. The number of halogens is 2. The van der Waals surface area contributed by atoms with Crippen molar-refractivity contribution in [2.75, 3.05) is 0 Å². The number of nitrogens with two attached hydrogens (primary N) is 1. The monoisotopic (exact) mass is 350 g/mol. The van der Waals surface area contributed by atoms with Gasteiger partial charge in [0.2, 0.25) is 5.89 Å². The van der Waals surface area contributed by atoms with Crippen LogP contribution in [0.5, 0.6) is 0 Å². The Hall–Kier alpha value is -1.59. The summed E-state index contributed by atoms with van der Waals surface area (Å²) in [5, 5.41) is 11.1. The minimum Gasteiger partial charge on any atom is -0.438 e. The number of rotatable bonds is 5. The van der Waals surface area contributed by atoms with Crippen LogP contribution in [0.4, 0.5) is 0 Å². The number of fused-ring (bicyclic) bond motifs is 1. The predicted octanol–water partition coefficient (Wildman–Crippen LogP) is 4.13. The molecule has 3 aromatic rings. The van der Waals surface area contributed by atoms with Gasteiger partial charge in [-0.1, -0.05) is 53.5 Å². The third kappa shape index (κ3) is 3.67. The van der Waals surface area contributed by atoms with E-state index in [1.165, 1.54) is 5.56 Å². The summed E-state index contributed by atoms with van der Waals surface area (Å²) in [6.07, 6.45) is 0.409. The minimum atomic E-state index is -0.983. The Morgan fingerprint density at radius 2 is 1.83 bits per heavy atom. The van der Waals surface area contributed by atoms with Crippen molar-refractivity contribution < 1.29 is 9.52 Å². The molecule has 120 valence electrons. The standard InChI is InChI=1S/C17H16Cl2N2O2/c18-11-8-14-15(9-12(11)19)23-17(21-14)16(22)13(20)7-6-10-4-2-1-3-5-10/h1-5,8-9,13,16,22H,6-7,20H2/t13-,16?/m1/s1. The second kappa shape index (κ2) is 6.89. The van der Waals surface area contributed by atoms with Gasteiger partial charge in [0.05, 0.1) is 10.0 Å². The summed E-state index contributed by atoms with van der Waals surface area (Å²) in [6.45, 7) is 0. The van der Waals surface area contributed by atoms with Gasteiger partial charge in [0.25, 0.3) is 0 Å². The van der Waals surface area contributed by atoms with Crippen molar-refractivity contribution in [1.29, 1.82) is 0 Å². The van der Waals surface area contributed by atoms with Gasteiger partial charge >= 0.3 is 0 Å². The molecule has 23 heavy (non-hydrogen) atoms. The molecule has 0 saturated heterocycles. The Kier molecular flexibility index (Phi) is 4.87. The minimum absolute atomic E-state index is 0.180. The second-order valence-electron chi connectivity index (χ2n) is 5.42. The van der Waals surface area contributed by atoms with Crippen LogP contribution in [0.25, 0.3) is 11.1 Å². The highest BCUT2D eigenvalue weighted by molar-refractivity contribution is 6.42. The number of aliphatic hydroxyl groups is 1. The molecule has 0 aliphatic carbocycles. The molecule has 0 aliphatic heterocycles. The number of aromatic nitrogens is 1. The van der Waals surface area contributed by atoms with E-state index in [9.17, 15) is 5.11 Å². The van der Waals surface area contributed by atoms with Gasteiger partial charge in [-0.15, -0.1) is 0 Å². The van der Waals surface area contributed by atoms with Gasteiger partial charge in [0.15, 0.2) is 5.58 Å². The van der Waals surface area contributed by atoms with Gasteiger partial charge in [-0.25, -0.2) is 4.98 Å². The fourth-order valence-electron chi connectivity index (χ4n) is 2.39. The van der Waals surface area contributed by atoms with Crippen LogP contribution >= 0.6 is 23.2 Å². The lowest BCUT2D eigenvalue weighted by atomic mass is 10.0. The largest absolute Gasteiger partial charge is 0.438 e. The molecular formula is C17H16Cl2N2O2. The molecule has 2 atom stereocenters. The summed E-state index contributed by atoms with van der Waals surface area (Å²) in [4.78, 5) is 4.25. The van der Waals surface area contributed by atoms with E-state index in [0.717, 1.165) is 6.42 Å². The van der Waals surface area contributed by atoms with Gasteiger partial charge in [-0.3, -0.25) is 0 Å². The normalized spacial score (nSPS) is 14.1. The number of aryl methyl sites for hydroxylation is 1. The van der Waals surface area contributed by atoms with Crippen molar-refractivity contribution in [3.63, 3.8) is 0 Å². The second-order valence-corrected chi connectivity index (χ2v) is 6.23. The highest BCUT2D eigenvalue weighted by Crippen LogP contribution is 2.30. The van der Waals surface area contributed by atoms with Gasteiger partial charge < -0.3 is 15.3 Å². The zero-order valence-electron chi connectivity index (χ0n) is 12.2. The zero-order valence-corrected chi connectivity index (χ0v) is 13.8. The summed E-state index contributed by atoms with van der Waals surface area (Å²) < 4.78 is 5.55. The van der Waals surface area contributed by atoms with E-state index in [2.05, 4.69) is 4.98 Å². The van der Waals surface area contributed by atoms with Gasteiger partial charge in [-0.2, -0.15) is 0 Å². The SMILES string of the molecule is N[C@H](CCc1ccccc1)C(O)c1nc2cc(Cl)c(Cl)cc2o1. The van der Waals surface area contributed by atoms with Crippen LogP contribution < -0.4 is 5.73 Å². The first-order chi connectivity index (χ1) is 11.0. The first-order valence-electron chi connectivity index (χ1n) is 7.27. The van der Waals surface area contributed by atoms with Crippen molar-refractivity contribution in [3.8, 4) is 0 Å². The number of oxazole rings is 1. The smallest absolute Gasteiger partial charge is 0.225 e. The Morgan fingerprint density at radius 1 is 1.13 bits per heavy atom. The molecule has 0 radical (unpaired) electrons. The first kappa shape index (κ1) is 16.3. The number of benzene rings is 2. The van der Waals surface area contributed by atoms with Crippen LogP contribution in [0, 0.1) is 0 Å². The van der Waals surface area contributed by atoms with Crippen LogP contribution in [0.3, 0.4) is 0 Å². The average molecular weight is 351 g/mol. The van der Waals surface area contributed by atoms with Crippen LogP contribution in [-0.2, 0) is 6.42 Å². The summed E-state index contributed by atoms with van der Waals surface area (Å²) in [5.74, 6) is 0.180. The highest BCUT2D eigenvalue weighted by atomic mass is 35.5. The van der Waals surface area contributed by atoms with E-state index in [1.54, 1.807) is 12.1 Å². The molecule has 3 N–H and O–H groups in total. The lowest BCUT2D eigenvalue weighted by Crippen LogP contribution is -2.29. The van der Waals surface area contributed by atoms with Crippen molar-refractivity contribution >= 4 is 34.3 Å². The molecule has 0 spiro atoms. The van der Waals surface area contributed by atoms with Gasteiger partial charge in [-0.05, 0) is 24.5 Å². The maximum absolute atomic E-state index is 10.4. The van der Waals surface area contributed by atoms with Gasteiger partial charge in [0.1, 0.15) is 11.6 Å². The molecule has 4 nitrogen and oxygen atoms in total. The molecule has 0 fully saturated rings. The maximum Gasteiger partial charge on any atom is 0.225 e. The number of aliphatic hydroxyl groups excluding tert-OH is 1. The maximum atomic E-state index is 10.4. The highest BCUT2D eigenvalue weighted by Gasteiger charge is 2.23. The van der Waals surface area contributed by atoms with Crippen LogP contribution in [0.1, 0.15) is 24.0 Å². The van der Waals surface area contributed by atoms with E-state index in [-0.39, 0.29) is 5.89 Å². The van der Waals surface area contributed by atoms with E-state index in [4.69, 9.17) is 33.4 Å². The number of hydrogen-bond acceptors (Lipinski definition) is 4. The number of nitrogens with zero attached hydrogens (tertiary/aromatic N) is 1. The quantitative estimate of drug-likeness (QED) is 0.725. The molecule has 6 heteroatoms. The first-order valence-corrected chi connectivity index (χ1v) is 8.03. The fraction of sp³-hybridized carbons (Fsp3) is 0.235. The third-order valence-corrected chi connectivity index (χ3v) is 4.44. The van der Waals surface area contributed by atoms with Crippen LogP contribution in [-0.4, -0.2) is 16.1 Å². The van der Waals surface area contributed by atoms with E-state index in [1.807, 2.05) is 30.3 Å². The third-order valence-electron chi connectivity index (χ3n) is 3.71. The van der Waals surface area contributed by atoms with Crippen molar-refractivity contribution in [1.82, 2.24) is 4.98 Å². The average Bonchev–Trinajstić information content (AvgIpc) is 2.96. The Morgan fingerprint density at radius 3 is 2.57 bits per heavy atom. The molecule has 0 bridgehead atoms. The molecule has 1 heterocycles. The Bertz CT molecular complexity index is 766. The van der Waals surface area contributed by atoms with Crippen molar-refractivity contribution in [3.05, 3.63) is 64.0 Å². The lowest BCUT2D eigenvalue weighted by molar-refractivity contribution is 0.114. The summed E-state index contributed by atoms with van der Waals surface area (Å²) in [6, 6.07) is 12.7. The van der Waals surface area contributed by atoms with Crippen molar-refractivity contribution in [2.45, 2.75) is 25.0 Å². The topological polar surface area (TPSA) is 72.3 Å². The zero-order chi connectivity index (χ0) is 16.4. The summed E-state index contributed by atoms with van der Waals surface area (Å²) in [7, 11) is 0. The Labute approximate surface area is 143 Å². The molecule has 1 unspecified atom stereocenters. The van der Waals surface area contributed by atoms with Crippen LogP contribution in [0.15, 0.2) is 46.9 Å². The molecule has 3 rings (SSSR count). The summed E-state index contributed by atoms with van der Waals surface area (Å²) >= 11 is 11.9. The Balaban J connectivity index is 1.72. The number of hydrogen-bond donors (Lipinski definition) is 2. The van der Waals surface area contributed by atoms with Crippen molar-refractivity contribution in [2.24, 2.45) is 5.73 Å². The molecule has 0 aliphatic rings. The van der Waals surface area contributed by atoms with Crippen LogP contribution in [0.2, 0.25) is 10.0 Å². The molecule has 1 aromatic heterocycles. The molecular weight excluding hydrogens is 335 g/mol. The predicted molar refractivity (Wildman–Crippen MR) is 91.7 cm³/mol. The molecule has 0 amide bonds. The summed E-state index contributed by atoms with van der Waals surface area (Å²) in [5.41, 5.74) is 8.27. The van der Waals surface area contributed by atoms with E-state index >= 15 is 0 Å². The van der Waals surface area contributed by atoms with Gasteiger partial charge in [0, 0.05) is 12.1 Å². The van der Waals surface area contributed by atoms with E-state index in [0.29, 0.717) is 27.6 Å². The molecule has 0 saturated carbocycles.